The fourth-order valence-corrected chi connectivity index (χ4v) is 3.11. The summed E-state index contributed by atoms with van der Waals surface area (Å²) in [5.41, 5.74) is 3.47. The van der Waals surface area contributed by atoms with Crippen LogP contribution in [0.25, 0.3) is 11.0 Å². The van der Waals surface area contributed by atoms with E-state index in [1.54, 1.807) is 18.5 Å². The number of amides is 1. The van der Waals surface area contributed by atoms with Crippen molar-refractivity contribution in [1.29, 1.82) is 5.26 Å². The number of imidazole rings is 1. The molecule has 0 atom stereocenters. The van der Waals surface area contributed by atoms with Crippen LogP contribution in [-0.4, -0.2) is 56.9 Å². The standard InChI is InChI=1S/C18H17N7O/c1-12-8-14(10-19)23-18(22-12)25-6-4-24(5-7-25)17(26)13-2-3-15-16(9-13)21-11-20-15/h2-3,8-9,11H,4-7H2,1H3,(H,20,21). The first kappa shape index (κ1) is 16.0. The van der Waals surface area contributed by atoms with Crippen LogP contribution in [0.15, 0.2) is 30.6 Å². The summed E-state index contributed by atoms with van der Waals surface area (Å²) in [5, 5.41) is 9.07. The van der Waals surface area contributed by atoms with Gasteiger partial charge in [0.05, 0.1) is 17.4 Å². The van der Waals surface area contributed by atoms with Crippen LogP contribution >= 0.6 is 0 Å². The van der Waals surface area contributed by atoms with Gasteiger partial charge in [-0.3, -0.25) is 4.79 Å². The second-order valence-corrected chi connectivity index (χ2v) is 6.22. The first-order valence-corrected chi connectivity index (χ1v) is 8.37. The van der Waals surface area contributed by atoms with Crippen LogP contribution in [0, 0.1) is 18.3 Å². The third kappa shape index (κ3) is 2.95. The predicted molar refractivity (Wildman–Crippen MR) is 95.7 cm³/mol. The van der Waals surface area contributed by atoms with Crippen molar-refractivity contribution in [2.45, 2.75) is 6.92 Å². The molecular weight excluding hydrogens is 330 g/mol. The molecule has 8 heteroatoms. The minimum Gasteiger partial charge on any atom is -0.345 e. The molecule has 1 saturated heterocycles. The molecule has 1 aliphatic heterocycles. The molecule has 0 unspecified atom stereocenters. The first-order valence-electron chi connectivity index (χ1n) is 8.37. The van der Waals surface area contributed by atoms with Crippen molar-refractivity contribution < 1.29 is 4.79 Å². The molecule has 4 rings (SSSR count). The van der Waals surface area contributed by atoms with Crippen LogP contribution in [0.4, 0.5) is 5.95 Å². The lowest BCUT2D eigenvalue weighted by Crippen LogP contribution is -2.49. The summed E-state index contributed by atoms with van der Waals surface area (Å²) in [6.07, 6.45) is 1.62. The summed E-state index contributed by atoms with van der Waals surface area (Å²) >= 11 is 0. The second kappa shape index (κ2) is 6.44. The minimum absolute atomic E-state index is 0.00373. The largest absolute Gasteiger partial charge is 0.345 e. The Morgan fingerprint density at radius 1 is 1.19 bits per heavy atom. The SMILES string of the molecule is Cc1cc(C#N)nc(N2CCN(C(=O)c3ccc4nc[nH]c4c3)CC2)n1. The lowest BCUT2D eigenvalue weighted by Gasteiger charge is -2.34. The summed E-state index contributed by atoms with van der Waals surface area (Å²) in [6, 6.07) is 9.21. The van der Waals surface area contributed by atoms with E-state index in [2.05, 4.69) is 26.0 Å². The van der Waals surface area contributed by atoms with Crippen molar-refractivity contribution >= 4 is 22.9 Å². The molecule has 2 aromatic heterocycles. The van der Waals surface area contributed by atoms with Crippen molar-refractivity contribution in [3.63, 3.8) is 0 Å². The van der Waals surface area contributed by atoms with E-state index in [4.69, 9.17) is 5.26 Å². The fraction of sp³-hybridized carbons (Fsp3) is 0.278. The van der Waals surface area contributed by atoms with Gasteiger partial charge in [-0.2, -0.15) is 5.26 Å². The number of aryl methyl sites for hydroxylation is 1. The predicted octanol–water partition coefficient (Wildman–Crippen LogP) is 1.50. The van der Waals surface area contributed by atoms with Crippen LogP contribution in [0.2, 0.25) is 0 Å². The summed E-state index contributed by atoms with van der Waals surface area (Å²) < 4.78 is 0. The Labute approximate surface area is 150 Å². The number of hydrogen-bond donors (Lipinski definition) is 1. The highest BCUT2D eigenvalue weighted by Crippen LogP contribution is 2.17. The van der Waals surface area contributed by atoms with Gasteiger partial charge in [0.1, 0.15) is 11.8 Å². The first-order chi connectivity index (χ1) is 12.6. The van der Waals surface area contributed by atoms with E-state index < -0.39 is 0 Å². The number of benzene rings is 1. The number of nitriles is 1. The Bertz CT molecular complexity index is 1010. The van der Waals surface area contributed by atoms with Crippen molar-refractivity contribution in [3.05, 3.63) is 47.5 Å². The van der Waals surface area contributed by atoms with Gasteiger partial charge >= 0.3 is 0 Å². The van der Waals surface area contributed by atoms with Gasteiger partial charge in [0.2, 0.25) is 5.95 Å². The lowest BCUT2D eigenvalue weighted by atomic mass is 10.1. The summed E-state index contributed by atoms with van der Waals surface area (Å²) in [7, 11) is 0. The van der Waals surface area contributed by atoms with Crippen LogP contribution in [0.1, 0.15) is 21.7 Å². The Balaban J connectivity index is 1.47. The highest BCUT2D eigenvalue weighted by Gasteiger charge is 2.24. The number of carbonyl (C=O) groups excluding carboxylic acids is 1. The quantitative estimate of drug-likeness (QED) is 0.754. The number of rotatable bonds is 2. The van der Waals surface area contributed by atoms with Crippen molar-refractivity contribution in [1.82, 2.24) is 24.8 Å². The Kier molecular flexibility index (Phi) is 3.97. The molecule has 3 aromatic rings. The van der Waals surface area contributed by atoms with Gasteiger partial charge in [0.25, 0.3) is 5.91 Å². The number of anilines is 1. The van der Waals surface area contributed by atoms with Gasteiger partial charge in [0.15, 0.2) is 0 Å². The van der Waals surface area contributed by atoms with Gasteiger partial charge in [-0.1, -0.05) is 0 Å². The number of hydrogen-bond acceptors (Lipinski definition) is 6. The van der Waals surface area contributed by atoms with E-state index in [1.165, 1.54) is 0 Å². The van der Waals surface area contributed by atoms with E-state index in [9.17, 15) is 4.79 Å². The summed E-state index contributed by atoms with van der Waals surface area (Å²) in [5.74, 6) is 0.552. The van der Waals surface area contributed by atoms with Crippen LogP contribution in [0.5, 0.6) is 0 Å². The molecule has 1 aliphatic rings. The molecule has 0 spiro atoms. The van der Waals surface area contributed by atoms with Gasteiger partial charge in [-0.25, -0.2) is 15.0 Å². The molecule has 0 bridgehead atoms. The molecule has 0 aliphatic carbocycles. The maximum absolute atomic E-state index is 12.8. The van der Waals surface area contributed by atoms with Crippen molar-refractivity contribution in [2.75, 3.05) is 31.1 Å². The molecular formula is C18H17N7O. The number of piperazine rings is 1. The summed E-state index contributed by atoms with van der Waals surface area (Å²) in [4.78, 5) is 32.5. The molecule has 8 nitrogen and oxygen atoms in total. The maximum Gasteiger partial charge on any atom is 0.254 e. The summed E-state index contributed by atoms with van der Waals surface area (Å²) in [6.45, 7) is 4.27. The Morgan fingerprint density at radius 3 is 2.77 bits per heavy atom. The van der Waals surface area contributed by atoms with Crippen molar-refractivity contribution in [3.8, 4) is 6.07 Å². The molecule has 1 amide bonds. The number of carbonyl (C=O) groups is 1. The third-order valence-corrected chi connectivity index (χ3v) is 4.47. The van der Waals surface area contributed by atoms with Gasteiger partial charge < -0.3 is 14.8 Å². The number of aromatic amines is 1. The number of H-pyrrole nitrogens is 1. The zero-order chi connectivity index (χ0) is 18.1. The Hall–Kier alpha value is -3.47. The Morgan fingerprint density at radius 2 is 2.00 bits per heavy atom. The highest BCUT2D eigenvalue weighted by molar-refractivity contribution is 5.97. The normalized spacial score (nSPS) is 14.5. The monoisotopic (exact) mass is 347 g/mol. The van der Waals surface area contributed by atoms with Crippen LogP contribution in [0.3, 0.4) is 0 Å². The van der Waals surface area contributed by atoms with E-state index in [1.807, 2.05) is 28.9 Å². The van der Waals surface area contributed by atoms with Gasteiger partial charge in [0, 0.05) is 37.4 Å². The molecule has 1 N–H and O–H groups in total. The highest BCUT2D eigenvalue weighted by atomic mass is 16.2. The molecule has 26 heavy (non-hydrogen) atoms. The van der Waals surface area contributed by atoms with E-state index in [0.29, 0.717) is 43.4 Å². The topological polar surface area (TPSA) is 102 Å². The van der Waals surface area contributed by atoms with E-state index in [-0.39, 0.29) is 5.91 Å². The van der Waals surface area contributed by atoms with Crippen molar-refractivity contribution in [2.24, 2.45) is 0 Å². The number of nitrogens with zero attached hydrogens (tertiary/aromatic N) is 6. The maximum atomic E-state index is 12.8. The van der Waals surface area contributed by atoms with Crippen LogP contribution in [-0.2, 0) is 0 Å². The lowest BCUT2D eigenvalue weighted by molar-refractivity contribution is 0.0746. The van der Waals surface area contributed by atoms with E-state index >= 15 is 0 Å². The average molecular weight is 347 g/mol. The van der Waals surface area contributed by atoms with Crippen LogP contribution < -0.4 is 4.90 Å². The zero-order valence-electron chi connectivity index (χ0n) is 14.3. The molecule has 0 saturated carbocycles. The number of aromatic nitrogens is 4. The fourth-order valence-electron chi connectivity index (χ4n) is 3.11. The molecule has 130 valence electrons. The van der Waals surface area contributed by atoms with Gasteiger partial charge in [-0.15, -0.1) is 0 Å². The van der Waals surface area contributed by atoms with Gasteiger partial charge in [-0.05, 0) is 31.2 Å². The number of nitrogens with one attached hydrogen (secondary N) is 1. The second-order valence-electron chi connectivity index (χ2n) is 6.22. The zero-order valence-corrected chi connectivity index (χ0v) is 14.3. The average Bonchev–Trinajstić information content (AvgIpc) is 3.14. The molecule has 0 radical (unpaired) electrons. The third-order valence-electron chi connectivity index (χ3n) is 4.47. The smallest absolute Gasteiger partial charge is 0.254 e. The molecule has 1 aromatic carbocycles. The van der Waals surface area contributed by atoms with E-state index in [0.717, 1.165) is 16.7 Å². The number of fused-ring (bicyclic) bond motifs is 1. The minimum atomic E-state index is 0.00373. The molecule has 1 fully saturated rings. The molecule has 3 heterocycles.